The lowest BCUT2D eigenvalue weighted by Gasteiger charge is -2.24. The van der Waals surface area contributed by atoms with Crippen LogP contribution in [0.3, 0.4) is 0 Å². The van der Waals surface area contributed by atoms with Crippen molar-refractivity contribution in [2.75, 3.05) is 15.9 Å². The molecule has 0 spiro atoms. The van der Waals surface area contributed by atoms with Gasteiger partial charge in [-0.15, -0.1) is 11.8 Å². The normalized spacial score (nSPS) is 15.6. The maximum absolute atomic E-state index is 13.3. The van der Waals surface area contributed by atoms with Crippen molar-refractivity contribution in [3.05, 3.63) is 83.4 Å². The number of sulfonamides is 1. The third-order valence-electron chi connectivity index (χ3n) is 5.40. The summed E-state index contributed by atoms with van der Waals surface area (Å²) in [5.74, 6) is -0.214. The van der Waals surface area contributed by atoms with Crippen LogP contribution in [0.1, 0.15) is 28.4 Å². The van der Waals surface area contributed by atoms with E-state index in [0.717, 1.165) is 21.7 Å². The fourth-order valence-electron chi connectivity index (χ4n) is 3.84. The molecule has 5 nitrogen and oxygen atoms in total. The largest absolute Gasteiger partial charge is 0.322 e. The summed E-state index contributed by atoms with van der Waals surface area (Å²) >= 11 is 1.61. The van der Waals surface area contributed by atoms with E-state index < -0.39 is 10.0 Å². The Kier molecular flexibility index (Phi) is 5.81. The second-order valence-corrected chi connectivity index (χ2v) is 10.4. The van der Waals surface area contributed by atoms with Gasteiger partial charge in [0.25, 0.3) is 15.9 Å². The van der Waals surface area contributed by atoms with Crippen LogP contribution in [-0.2, 0) is 16.4 Å². The Balaban J connectivity index is 1.61. The molecule has 0 aliphatic carbocycles. The lowest BCUT2D eigenvalue weighted by molar-refractivity contribution is 0.102. The number of carbonyl (C=O) groups excluding carboxylic acids is 1. The van der Waals surface area contributed by atoms with E-state index in [1.807, 2.05) is 44.4 Å². The van der Waals surface area contributed by atoms with Crippen LogP contribution in [0.5, 0.6) is 0 Å². The molecule has 31 heavy (non-hydrogen) atoms. The van der Waals surface area contributed by atoms with Gasteiger partial charge in [0.1, 0.15) is 0 Å². The molecule has 0 unspecified atom stereocenters. The highest BCUT2D eigenvalue weighted by atomic mass is 32.2. The number of carbonyl (C=O) groups is 1. The average Bonchev–Trinajstić information content (AvgIpc) is 3.09. The van der Waals surface area contributed by atoms with Crippen molar-refractivity contribution in [1.29, 1.82) is 0 Å². The standard InChI is InChI=1S/C24H24N2O3S2/c1-16-7-10-22(11-8-16)31(28,29)26-17(2)13-19-14-18(9-12-23(19)26)24(27)25-20-5-4-6-21(15-20)30-3/h4-12,14-15,17H,13H2,1-3H3,(H,25,27)/t17-/m0/s1. The first-order chi connectivity index (χ1) is 14.8. The van der Waals surface area contributed by atoms with E-state index in [2.05, 4.69) is 5.32 Å². The molecule has 3 aromatic rings. The quantitative estimate of drug-likeness (QED) is 0.547. The predicted octanol–water partition coefficient (Wildman–Crippen LogP) is 5.11. The molecule has 0 fully saturated rings. The number of anilines is 2. The monoisotopic (exact) mass is 452 g/mol. The minimum Gasteiger partial charge on any atom is -0.322 e. The number of amides is 1. The van der Waals surface area contributed by atoms with Gasteiger partial charge in [-0.1, -0.05) is 23.8 Å². The number of rotatable bonds is 5. The van der Waals surface area contributed by atoms with Crippen molar-refractivity contribution in [2.45, 2.75) is 36.1 Å². The highest BCUT2D eigenvalue weighted by molar-refractivity contribution is 7.98. The Labute approximate surface area is 187 Å². The molecular weight excluding hydrogens is 428 g/mol. The van der Waals surface area contributed by atoms with Gasteiger partial charge in [-0.2, -0.15) is 0 Å². The summed E-state index contributed by atoms with van der Waals surface area (Å²) in [7, 11) is -3.68. The van der Waals surface area contributed by atoms with E-state index >= 15 is 0 Å². The van der Waals surface area contributed by atoms with Gasteiger partial charge in [0, 0.05) is 22.2 Å². The molecule has 1 atom stereocenters. The number of aryl methyl sites for hydroxylation is 1. The SMILES string of the molecule is CSc1cccc(NC(=O)c2ccc3c(c2)C[C@H](C)N3S(=O)(=O)c2ccc(C)cc2)c1. The fraction of sp³-hybridized carbons (Fsp3) is 0.208. The summed E-state index contributed by atoms with van der Waals surface area (Å²) in [4.78, 5) is 14.1. The van der Waals surface area contributed by atoms with Crippen LogP contribution in [0, 0.1) is 6.92 Å². The smallest absolute Gasteiger partial charge is 0.264 e. The van der Waals surface area contributed by atoms with Gasteiger partial charge in [0.15, 0.2) is 0 Å². The van der Waals surface area contributed by atoms with E-state index in [0.29, 0.717) is 17.7 Å². The van der Waals surface area contributed by atoms with Crippen molar-refractivity contribution in [2.24, 2.45) is 0 Å². The van der Waals surface area contributed by atoms with Crippen molar-refractivity contribution in [1.82, 2.24) is 0 Å². The Morgan fingerprint density at radius 3 is 2.52 bits per heavy atom. The number of nitrogens with zero attached hydrogens (tertiary/aromatic N) is 1. The summed E-state index contributed by atoms with van der Waals surface area (Å²) in [6, 6.07) is 19.5. The van der Waals surface area contributed by atoms with Gasteiger partial charge >= 0.3 is 0 Å². The van der Waals surface area contributed by atoms with Crippen LogP contribution >= 0.6 is 11.8 Å². The van der Waals surface area contributed by atoms with Crippen molar-refractivity contribution in [3.8, 4) is 0 Å². The minimum atomic E-state index is -3.68. The summed E-state index contributed by atoms with van der Waals surface area (Å²) in [5.41, 5.74) is 3.74. The predicted molar refractivity (Wildman–Crippen MR) is 127 cm³/mol. The minimum absolute atomic E-state index is 0.214. The molecule has 1 heterocycles. The molecule has 1 N–H and O–H groups in total. The third kappa shape index (κ3) is 4.20. The zero-order valence-electron chi connectivity index (χ0n) is 17.6. The number of hydrogen-bond acceptors (Lipinski definition) is 4. The van der Waals surface area contributed by atoms with Gasteiger partial charge in [0.05, 0.1) is 10.6 Å². The van der Waals surface area contributed by atoms with Crippen molar-refractivity contribution < 1.29 is 13.2 Å². The van der Waals surface area contributed by atoms with Crippen molar-refractivity contribution in [3.63, 3.8) is 0 Å². The molecule has 0 radical (unpaired) electrons. The molecule has 3 aromatic carbocycles. The summed E-state index contributed by atoms with van der Waals surface area (Å²) in [5, 5.41) is 2.92. The Morgan fingerprint density at radius 2 is 1.81 bits per heavy atom. The summed E-state index contributed by atoms with van der Waals surface area (Å²) in [6.45, 7) is 3.81. The second-order valence-electron chi connectivity index (χ2n) is 7.70. The number of nitrogens with one attached hydrogen (secondary N) is 1. The Hall–Kier alpha value is -2.77. The van der Waals surface area contributed by atoms with Crippen LogP contribution < -0.4 is 9.62 Å². The zero-order valence-corrected chi connectivity index (χ0v) is 19.3. The number of hydrogen-bond donors (Lipinski definition) is 1. The van der Waals surface area contributed by atoms with E-state index in [1.54, 1.807) is 54.2 Å². The fourth-order valence-corrected chi connectivity index (χ4v) is 5.99. The first-order valence-electron chi connectivity index (χ1n) is 9.99. The third-order valence-corrected chi connectivity index (χ3v) is 8.07. The van der Waals surface area contributed by atoms with Crippen molar-refractivity contribution >= 4 is 39.1 Å². The molecule has 4 rings (SSSR count). The highest BCUT2D eigenvalue weighted by Gasteiger charge is 2.36. The Morgan fingerprint density at radius 1 is 1.06 bits per heavy atom. The van der Waals surface area contributed by atoms with Gasteiger partial charge in [-0.05, 0) is 80.6 Å². The van der Waals surface area contributed by atoms with E-state index in [-0.39, 0.29) is 16.8 Å². The first kappa shape index (κ1) is 21.5. The summed E-state index contributed by atoms with van der Waals surface area (Å²) in [6.07, 6.45) is 2.54. The molecule has 0 bridgehead atoms. The molecule has 1 aliphatic rings. The molecule has 0 aromatic heterocycles. The molecule has 7 heteroatoms. The second kappa shape index (κ2) is 8.40. The van der Waals surface area contributed by atoms with Crippen LogP contribution in [0.25, 0.3) is 0 Å². The maximum Gasteiger partial charge on any atom is 0.264 e. The number of benzene rings is 3. The molecular formula is C24H24N2O3S2. The zero-order chi connectivity index (χ0) is 22.2. The molecule has 1 amide bonds. The Bertz CT molecular complexity index is 1240. The lowest BCUT2D eigenvalue weighted by atomic mass is 10.1. The summed E-state index contributed by atoms with van der Waals surface area (Å²) < 4.78 is 28.0. The van der Waals surface area contributed by atoms with Crippen LogP contribution in [0.15, 0.2) is 76.5 Å². The van der Waals surface area contributed by atoms with E-state index in [1.165, 1.54) is 4.31 Å². The molecule has 0 saturated carbocycles. The number of fused-ring (bicyclic) bond motifs is 1. The molecule has 1 aliphatic heterocycles. The van der Waals surface area contributed by atoms with Crippen LogP contribution in [-0.4, -0.2) is 26.6 Å². The van der Waals surface area contributed by atoms with Crippen LogP contribution in [0.2, 0.25) is 0 Å². The average molecular weight is 453 g/mol. The topological polar surface area (TPSA) is 66.5 Å². The van der Waals surface area contributed by atoms with E-state index in [9.17, 15) is 13.2 Å². The molecule has 160 valence electrons. The molecule has 0 saturated heterocycles. The van der Waals surface area contributed by atoms with Gasteiger partial charge in [-0.3, -0.25) is 9.10 Å². The first-order valence-corrected chi connectivity index (χ1v) is 12.7. The highest BCUT2D eigenvalue weighted by Crippen LogP contribution is 2.37. The van der Waals surface area contributed by atoms with Gasteiger partial charge in [-0.25, -0.2) is 8.42 Å². The lowest BCUT2D eigenvalue weighted by Crippen LogP contribution is -2.35. The number of thioether (sulfide) groups is 1. The maximum atomic E-state index is 13.3. The van der Waals surface area contributed by atoms with Crippen LogP contribution in [0.4, 0.5) is 11.4 Å². The van der Waals surface area contributed by atoms with Gasteiger partial charge < -0.3 is 5.32 Å². The van der Waals surface area contributed by atoms with E-state index in [4.69, 9.17) is 0 Å². The van der Waals surface area contributed by atoms with Gasteiger partial charge in [0.2, 0.25) is 0 Å².